The Morgan fingerprint density at radius 3 is 2.14 bits per heavy atom. The van der Waals surface area contributed by atoms with E-state index >= 15 is 0 Å². The van der Waals surface area contributed by atoms with Crippen LogP contribution in [0, 0.1) is 6.92 Å². The Morgan fingerprint density at radius 2 is 1.50 bits per heavy atom. The molecule has 1 aromatic carbocycles. The summed E-state index contributed by atoms with van der Waals surface area (Å²) >= 11 is 0. The minimum Gasteiger partial charge on any atom is -0.114 e. The normalized spacial score (nSPS) is 11.9. The van der Waals surface area contributed by atoms with E-state index in [9.17, 15) is 0 Å². The molecule has 0 saturated heterocycles. The molecule has 2 rings (SSSR count). The first-order chi connectivity index (χ1) is 6.36. The fourth-order valence-electron chi connectivity index (χ4n) is 1.53. The predicted octanol–water partition coefficient (Wildman–Crippen LogP) is 2.95. The summed E-state index contributed by atoms with van der Waals surface area (Å²) in [7, 11) is 0. The Kier molecular flexibility index (Phi) is 6.56. The van der Waals surface area contributed by atoms with Gasteiger partial charge in [0.05, 0.1) is 0 Å². The molecule has 0 fully saturated rings. The number of benzene rings is 1. The predicted molar refractivity (Wildman–Crippen MR) is 70.3 cm³/mol. The van der Waals surface area contributed by atoms with Crippen LogP contribution < -0.4 is 10.4 Å². The van der Waals surface area contributed by atoms with Gasteiger partial charge in [0, 0.05) is 0 Å². The highest BCUT2D eigenvalue weighted by molar-refractivity contribution is 8.93. The van der Waals surface area contributed by atoms with E-state index in [0.29, 0.717) is 0 Å². The lowest BCUT2D eigenvalue weighted by Gasteiger charge is -1.99. The Morgan fingerprint density at radius 1 is 0.929 bits per heavy atom. The van der Waals surface area contributed by atoms with E-state index in [1.54, 1.807) is 0 Å². The van der Waals surface area contributed by atoms with Crippen LogP contribution >= 0.6 is 17.0 Å². The van der Waals surface area contributed by atoms with Gasteiger partial charge < -0.3 is 0 Å². The molecule has 1 aromatic rings. The molecule has 1 aliphatic rings. The van der Waals surface area contributed by atoms with Gasteiger partial charge in [-0.2, -0.15) is 0 Å². The van der Waals surface area contributed by atoms with Gasteiger partial charge in [0.1, 0.15) is 0 Å². The topological polar surface area (TPSA) is 0 Å². The third-order valence-electron chi connectivity index (χ3n) is 2.14. The van der Waals surface area contributed by atoms with Crippen LogP contribution in [0.1, 0.15) is 32.3 Å². The smallest absolute Gasteiger partial charge is 0.0224 e. The molecule has 0 atom stereocenters. The summed E-state index contributed by atoms with van der Waals surface area (Å²) in [5.41, 5.74) is 1.36. The number of rotatable bonds is 0. The van der Waals surface area contributed by atoms with Gasteiger partial charge >= 0.3 is 0 Å². The minimum absolute atomic E-state index is 0. The standard InChI is InChI=1S/C11H12.C2H6.BrH/c1-9-6-7-10-4-2-3-5-11(10)8-9;1-2;/h4-8H,2-3H2,1H3;1-2H3;1H. The summed E-state index contributed by atoms with van der Waals surface area (Å²) in [5.74, 6) is 0. The number of fused-ring (bicyclic) bond motifs is 1. The molecule has 0 radical (unpaired) electrons. The minimum atomic E-state index is 0. The van der Waals surface area contributed by atoms with Crippen LogP contribution in [0.2, 0.25) is 0 Å². The molecular formula is C13H19Br. The average Bonchev–Trinajstić information content (AvgIpc) is 2.21. The lowest BCUT2D eigenvalue weighted by atomic mass is 10.1. The first-order valence-corrected chi connectivity index (χ1v) is 5.13. The SMILES string of the molecule is Br.CC.Cc1ccc2c(c1)=CCCC=2. The molecule has 0 N–H and O–H groups in total. The Labute approximate surface area is 97.1 Å². The molecule has 0 saturated carbocycles. The van der Waals surface area contributed by atoms with Crippen LogP contribution in [-0.4, -0.2) is 0 Å². The second-order valence-electron chi connectivity index (χ2n) is 3.12. The van der Waals surface area contributed by atoms with E-state index in [-0.39, 0.29) is 17.0 Å². The van der Waals surface area contributed by atoms with Gasteiger partial charge in [0.15, 0.2) is 0 Å². The van der Waals surface area contributed by atoms with E-state index in [2.05, 4.69) is 37.3 Å². The third kappa shape index (κ3) is 3.30. The monoisotopic (exact) mass is 254 g/mol. The molecule has 78 valence electrons. The van der Waals surface area contributed by atoms with E-state index in [1.165, 1.54) is 28.8 Å². The van der Waals surface area contributed by atoms with Gasteiger partial charge in [-0.15, -0.1) is 17.0 Å². The molecule has 0 bridgehead atoms. The third-order valence-corrected chi connectivity index (χ3v) is 2.14. The Bertz CT molecular complexity index is 377. The molecule has 1 heteroatoms. The van der Waals surface area contributed by atoms with Gasteiger partial charge in [-0.05, 0) is 30.2 Å². The van der Waals surface area contributed by atoms with E-state index in [4.69, 9.17) is 0 Å². The van der Waals surface area contributed by atoms with Crippen molar-refractivity contribution < 1.29 is 0 Å². The van der Waals surface area contributed by atoms with Crippen molar-refractivity contribution in [3.05, 3.63) is 34.2 Å². The van der Waals surface area contributed by atoms with E-state index < -0.39 is 0 Å². The summed E-state index contributed by atoms with van der Waals surface area (Å²) in [6.07, 6.45) is 7.05. The van der Waals surface area contributed by atoms with Gasteiger partial charge in [-0.25, -0.2) is 0 Å². The highest BCUT2D eigenvalue weighted by atomic mass is 79.9. The zero-order chi connectivity index (χ0) is 9.68. The van der Waals surface area contributed by atoms with Gasteiger partial charge in [-0.1, -0.05) is 49.8 Å². The second-order valence-corrected chi connectivity index (χ2v) is 3.12. The highest BCUT2D eigenvalue weighted by Crippen LogP contribution is 1.96. The molecule has 14 heavy (non-hydrogen) atoms. The summed E-state index contributed by atoms with van der Waals surface area (Å²) in [6.45, 7) is 6.14. The molecule has 0 aromatic heterocycles. The summed E-state index contributed by atoms with van der Waals surface area (Å²) < 4.78 is 0. The maximum Gasteiger partial charge on any atom is -0.0224 e. The zero-order valence-corrected chi connectivity index (χ0v) is 10.9. The highest BCUT2D eigenvalue weighted by Gasteiger charge is 1.91. The molecule has 0 spiro atoms. The fraction of sp³-hybridized carbons (Fsp3) is 0.385. The van der Waals surface area contributed by atoms with Crippen molar-refractivity contribution in [2.24, 2.45) is 0 Å². The molecule has 0 nitrogen and oxygen atoms in total. The van der Waals surface area contributed by atoms with Crippen molar-refractivity contribution in [3.8, 4) is 0 Å². The average molecular weight is 255 g/mol. The van der Waals surface area contributed by atoms with Crippen molar-refractivity contribution in [1.29, 1.82) is 0 Å². The Balaban J connectivity index is 0.000000531. The largest absolute Gasteiger partial charge is 0.114 e. The second kappa shape index (κ2) is 6.83. The van der Waals surface area contributed by atoms with Gasteiger partial charge in [0.2, 0.25) is 0 Å². The van der Waals surface area contributed by atoms with Crippen LogP contribution in [-0.2, 0) is 0 Å². The first kappa shape index (κ1) is 13.4. The maximum absolute atomic E-state index is 2.32. The number of hydrogen-bond acceptors (Lipinski definition) is 0. The van der Waals surface area contributed by atoms with Crippen LogP contribution in [0.3, 0.4) is 0 Å². The summed E-state index contributed by atoms with van der Waals surface area (Å²) in [4.78, 5) is 0. The van der Waals surface area contributed by atoms with Crippen LogP contribution in [0.15, 0.2) is 18.2 Å². The van der Waals surface area contributed by atoms with E-state index in [1.807, 2.05) is 13.8 Å². The maximum atomic E-state index is 2.32. The summed E-state index contributed by atoms with van der Waals surface area (Å²) in [5, 5.41) is 2.82. The van der Waals surface area contributed by atoms with Crippen molar-refractivity contribution in [2.45, 2.75) is 33.6 Å². The molecule has 0 aliphatic heterocycles. The van der Waals surface area contributed by atoms with Crippen molar-refractivity contribution >= 4 is 29.1 Å². The van der Waals surface area contributed by atoms with Crippen LogP contribution in [0.25, 0.3) is 12.2 Å². The van der Waals surface area contributed by atoms with E-state index in [0.717, 1.165) is 0 Å². The molecule has 0 heterocycles. The van der Waals surface area contributed by atoms with Crippen LogP contribution in [0.5, 0.6) is 0 Å². The fourth-order valence-corrected chi connectivity index (χ4v) is 1.53. The summed E-state index contributed by atoms with van der Waals surface area (Å²) in [6, 6.07) is 6.64. The van der Waals surface area contributed by atoms with Crippen molar-refractivity contribution in [1.82, 2.24) is 0 Å². The van der Waals surface area contributed by atoms with Crippen molar-refractivity contribution in [3.63, 3.8) is 0 Å². The first-order valence-electron chi connectivity index (χ1n) is 5.13. The number of hydrogen-bond donors (Lipinski definition) is 0. The van der Waals surface area contributed by atoms with Crippen LogP contribution in [0.4, 0.5) is 0 Å². The molecule has 0 unspecified atom stereocenters. The van der Waals surface area contributed by atoms with Gasteiger partial charge in [0.25, 0.3) is 0 Å². The zero-order valence-electron chi connectivity index (χ0n) is 9.21. The molecular weight excluding hydrogens is 236 g/mol. The van der Waals surface area contributed by atoms with Gasteiger partial charge in [-0.3, -0.25) is 0 Å². The lowest BCUT2D eigenvalue weighted by Crippen LogP contribution is -2.26. The number of halogens is 1. The van der Waals surface area contributed by atoms with Crippen molar-refractivity contribution in [2.75, 3.05) is 0 Å². The lowest BCUT2D eigenvalue weighted by molar-refractivity contribution is 1.11. The Hall–Kier alpha value is -0.560. The number of aryl methyl sites for hydroxylation is 1. The molecule has 0 amide bonds. The molecule has 1 aliphatic carbocycles. The quantitative estimate of drug-likeness (QED) is 0.668.